The van der Waals surface area contributed by atoms with Crippen LogP contribution in [-0.2, 0) is 7.05 Å². The highest BCUT2D eigenvalue weighted by Gasteiger charge is 2.19. The first-order chi connectivity index (χ1) is 5.70. The van der Waals surface area contributed by atoms with Gasteiger partial charge in [-0.05, 0) is 9.91 Å². The molecule has 2 rings (SSSR count). The largest absolute Gasteiger partial charge is 0.438 e. The van der Waals surface area contributed by atoms with E-state index < -0.39 is 4.92 Å². The quantitative estimate of drug-likeness (QED) is 0.485. The van der Waals surface area contributed by atoms with Crippen molar-refractivity contribution in [1.29, 1.82) is 0 Å². The van der Waals surface area contributed by atoms with Gasteiger partial charge in [0.2, 0.25) is 0 Å². The highest BCUT2D eigenvalue weighted by Crippen LogP contribution is 2.15. The number of hydrogen-bond donors (Lipinski definition) is 1. The molecule has 0 aliphatic rings. The number of hydrogen-bond acceptors (Lipinski definition) is 4. The lowest BCUT2D eigenvalue weighted by Crippen LogP contribution is -1.98. The van der Waals surface area contributed by atoms with Crippen LogP contribution in [0.5, 0.6) is 0 Å². The van der Waals surface area contributed by atoms with E-state index in [0.29, 0.717) is 11.3 Å². The number of aromatic amines is 1. The summed E-state index contributed by atoms with van der Waals surface area (Å²) in [5.41, 5.74) is 0.922. The number of aromatic nitrogens is 4. The van der Waals surface area contributed by atoms with Crippen molar-refractivity contribution in [3.05, 3.63) is 16.4 Å². The van der Waals surface area contributed by atoms with Crippen LogP contribution in [0.25, 0.3) is 11.3 Å². The van der Waals surface area contributed by atoms with E-state index in [9.17, 15) is 10.1 Å². The molecule has 0 saturated heterocycles. The molecule has 0 radical (unpaired) electrons. The minimum absolute atomic E-state index is 0.204. The van der Waals surface area contributed by atoms with Gasteiger partial charge < -0.3 is 15.1 Å². The average molecular weight is 167 g/mol. The Morgan fingerprint density at radius 2 is 2.50 bits per heavy atom. The predicted octanol–water partition coefficient (Wildman–Crippen LogP) is 0.205. The number of fused-ring (bicyclic) bond motifs is 1. The summed E-state index contributed by atoms with van der Waals surface area (Å²) < 4.78 is 1.33. The maximum Gasteiger partial charge on any atom is 0.438 e. The molecule has 0 spiro atoms. The summed E-state index contributed by atoms with van der Waals surface area (Å²) in [7, 11) is 1.55. The Morgan fingerprint density at radius 1 is 1.75 bits per heavy atom. The van der Waals surface area contributed by atoms with Gasteiger partial charge in [0.1, 0.15) is 0 Å². The fourth-order valence-electron chi connectivity index (χ4n) is 1.04. The molecule has 2 heterocycles. The molecular weight excluding hydrogens is 162 g/mol. The SMILES string of the molecule is Cn1c([N+](=O)[O-])nc2[nH]cnc21. The maximum absolute atomic E-state index is 10.4. The minimum atomic E-state index is -0.546. The second kappa shape index (κ2) is 2.03. The van der Waals surface area contributed by atoms with Gasteiger partial charge in [0.05, 0.1) is 13.4 Å². The topological polar surface area (TPSA) is 89.6 Å². The zero-order chi connectivity index (χ0) is 8.72. The normalized spacial score (nSPS) is 10.8. The number of nitro groups is 1. The Labute approximate surface area is 66.2 Å². The molecule has 0 aromatic carbocycles. The van der Waals surface area contributed by atoms with Crippen LogP contribution in [0.2, 0.25) is 0 Å². The molecule has 12 heavy (non-hydrogen) atoms. The first kappa shape index (κ1) is 6.77. The third-order valence-electron chi connectivity index (χ3n) is 1.59. The van der Waals surface area contributed by atoms with Gasteiger partial charge in [-0.25, -0.2) is 9.55 Å². The van der Waals surface area contributed by atoms with Crippen LogP contribution in [-0.4, -0.2) is 24.4 Å². The summed E-state index contributed by atoms with van der Waals surface area (Å²) in [4.78, 5) is 20.1. The molecule has 2 aromatic rings. The van der Waals surface area contributed by atoms with E-state index in [4.69, 9.17) is 0 Å². The van der Waals surface area contributed by atoms with Crippen LogP contribution in [0, 0.1) is 10.1 Å². The van der Waals surface area contributed by atoms with E-state index in [1.54, 1.807) is 7.05 Å². The van der Waals surface area contributed by atoms with Crippen LogP contribution in [0.3, 0.4) is 0 Å². The lowest BCUT2D eigenvalue weighted by molar-refractivity contribution is -0.396. The summed E-state index contributed by atoms with van der Waals surface area (Å²) >= 11 is 0. The molecule has 0 aliphatic heterocycles. The van der Waals surface area contributed by atoms with Crippen molar-refractivity contribution < 1.29 is 4.92 Å². The molecule has 1 N–H and O–H groups in total. The average Bonchev–Trinajstić information content (AvgIpc) is 2.53. The summed E-state index contributed by atoms with van der Waals surface area (Å²) in [6.07, 6.45) is 1.45. The van der Waals surface area contributed by atoms with E-state index in [1.165, 1.54) is 10.9 Å². The molecule has 2 aromatic heterocycles. The van der Waals surface area contributed by atoms with Crippen LogP contribution in [0.4, 0.5) is 5.95 Å². The lowest BCUT2D eigenvalue weighted by Gasteiger charge is -1.91. The number of imidazole rings is 2. The number of rotatable bonds is 1. The number of aryl methyl sites for hydroxylation is 1. The van der Waals surface area contributed by atoms with E-state index >= 15 is 0 Å². The Kier molecular flexibility index (Phi) is 1.15. The first-order valence-corrected chi connectivity index (χ1v) is 3.20. The molecule has 0 fully saturated rings. The Balaban J connectivity index is 2.78. The Morgan fingerprint density at radius 3 is 3.08 bits per heavy atom. The number of nitrogens with one attached hydrogen (secondary N) is 1. The monoisotopic (exact) mass is 167 g/mol. The van der Waals surface area contributed by atoms with E-state index in [0.717, 1.165) is 0 Å². The van der Waals surface area contributed by atoms with E-state index in [-0.39, 0.29) is 5.95 Å². The standard InChI is InChI=1S/C5H5N5O2/c1-9-4-3(6-2-7-4)8-5(9)10(11)12/h2H,1H3,(H,6,7). The van der Waals surface area contributed by atoms with Crippen molar-refractivity contribution in [3.63, 3.8) is 0 Å². The molecule has 0 atom stereocenters. The fraction of sp³-hybridized carbons (Fsp3) is 0.200. The van der Waals surface area contributed by atoms with Gasteiger partial charge in [0.15, 0.2) is 0 Å². The van der Waals surface area contributed by atoms with Crippen LogP contribution in [0.15, 0.2) is 6.33 Å². The molecule has 0 bridgehead atoms. The van der Waals surface area contributed by atoms with Crippen LogP contribution < -0.4 is 0 Å². The van der Waals surface area contributed by atoms with Gasteiger partial charge in [-0.15, -0.1) is 0 Å². The van der Waals surface area contributed by atoms with Gasteiger partial charge in [0, 0.05) is 0 Å². The van der Waals surface area contributed by atoms with E-state index in [1.807, 2.05) is 0 Å². The van der Waals surface area contributed by atoms with Crippen LogP contribution in [0.1, 0.15) is 0 Å². The first-order valence-electron chi connectivity index (χ1n) is 3.20. The molecular formula is C5H5N5O2. The Bertz CT molecular complexity index is 442. The zero-order valence-electron chi connectivity index (χ0n) is 6.18. The lowest BCUT2D eigenvalue weighted by atomic mass is 10.7. The Hall–Kier alpha value is -1.92. The van der Waals surface area contributed by atoms with Crippen molar-refractivity contribution in [2.45, 2.75) is 0 Å². The highest BCUT2D eigenvalue weighted by molar-refractivity contribution is 5.68. The third-order valence-corrected chi connectivity index (χ3v) is 1.59. The van der Waals surface area contributed by atoms with Gasteiger partial charge in [-0.2, -0.15) is 0 Å². The highest BCUT2D eigenvalue weighted by atomic mass is 16.6. The summed E-state index contributed by atoms with van der Waals surface area (Å²) in [6.45, 7) is 0. The van der Waals surface area contributed by atoms with Crippen molar-refractivity contribution in [2.75, 3.05) is 0 Å². The van der Waals surface area contributed by atoms with Crippen molar-refractivity contribution >= 4 is 17.2 Å². The zero-order valence-corrected chi connectivity index (χ0v) is 6.18. The predicted molar refractivity (Wildman–Crippen MR) is 39.5 cm³/mol. The van der Waals surface area contributed by atoms with Gasteiger partial charge in [-0.3, -0.25) is 0 Å². The second-order valence-electron chi connectivity index (χ2n) is 2.30. The third kappa shape index (κ3) is 0.698. The molecule has 0 unspecified atom stereocenters. The summed E-state index contributed by atoms with van der Waals surface area (Å²) in [5.74, 6) is -0.204. The molecule has 0 saturated carbocycles. The molecule has 0 amide bonds. The van der Waals surface area contributed by atoms with Crippen molar-refractivity contribution in [3.8, 4) is 0 Å². The van der Waals surface area contributed by atoms with Crippen LogP contribution >= 0.6 is 0 Å². The molecule has 7 nitrogen and oxygen atoms in total. The van der Waals surface area contributed by atoms with Crippen molar-refractivity contribution in [2.24, 2.45) is 7.05 Å². The fourth-order valence-corrected chi connectivity index (χ4v) is 1.04. The van der Waals surface area contributed by atoms with Crippen molar-refractivity contribution in [1.82, 2.24) is 19.5 Å². The minimum Gasteiger partial charge on any atom is -0.390 e. The summed E-state index contributed by atoms with van der Waals surface area (Å²) in [5, 5.41) is 10.4. The number of nitrogens with zero attached hydrogens (tertiary/aromatic N) is 4. The molecule has 62 valence electrons. The maximum atomic E-state index is 10.4. The number of H-pyrrole nitrogens is 1. The molecule has 7 heteroatoms. The van der Waals surface area contributed by atoms with Gasteiger partial charge >= 0.3 is 5.95 Å². The smallest absolute Gasteiger partial charge is 0.390 e. The summed E-state index contributed by atoms with van der Waals surface area (Å²) in [6, 6.07) is 0. The van der Waals surface area contributed by atoms with Gasteiger partial charge in [-0.1, -0.05) is 0 Å². The van der Waals surface area contributed by atoms with Gasteiger partial charge in [0.25, 0.3) is 11.3 Å². The molecule has 0 aliphatic carbocycles. The van der Waals surface area contributed by atoms with E-state index in [2.05, 4.69) is 15.0 Å². The second-order valence-corrected chi connectivity index (χ2v) is 2.30.